The van der Waals surface area contributed by atoms with Crippen molar-refractivity contribution in [1.82, 2.24) is 0 Å². The van der Waals surface area contributed by atoms with Crippen LogP contribution in [0.5, 0.6) is 0 Å². The third kappa shape index (κ3) is 4.41. The predicted octanol–water partition coefficient (Wildman–Crippen LogP) is 5.71. The van der Waals surface area contributed by atoms with Crippen LogP contribution in [0.2, 0.25) is 38.4 Å². The fourth-order valence-corrected chi connectivity index (χ4v) is 19.2. The second-order valence-corrected chi connectivity index (χ2v) is 28.4. The molecule has 0 aromatic rings. The molecule has 17 heavy (non-hydrogen) atoms. The van der Waals surface area contributed by atoms with Crippen LogP contribution in [-0.2, 0) is 0 Å². The van der Waals surface area contributed by atoms with Crippen molar-refractivity contribution < 1.29 is 0 Å². The van der Waals surface area contributed by atoms with Gasteiger partial charge in [-0.2, -0.15) is 0 Å². The van der Waals surface area contributed by atoms with Crippen molar-refractivity contribution in [2.75, 3.05) is 0 Å². The summed E-state index contributed by atoms with van der Waals surface area (Å²) in [5.74, 6) is 0.999. The van der Waals surface area contributed by atoms with E-state index >= 15 is 0 Å². The Morgan fingerprint density at radius 3 is 1.88 bits per heavy atom. The van der Waals surface area contributed by atoms with Crippen molar-refractivity contribution >= 4 is 26.5 Å². The Morgan fingerprint density at radius 1 is 1.06 bits per heavy atom. The van der Waals surface area contributed by atoms with Crippen LogP contribution in [0.15, 0.2) is 11.8 Å². The normalized spacial score (nSPS) is 21.3. The molecule has 1 aliphatic carbocycles. The molecule has 0 amide bonds. The molecular formula is C15H32SiSn. The van der Waals surface area contributed by atoms with Gasteiger partial charge in [0.05, 0.1) is 0 Å². The summed E-state index contributed by atoms with van der Waals surface area (Å²) in [5.41, 5.74) is 0. The van der Waals surface area contributed by atoms with Gasteiger partial charge in [-0.1, -0.05) is 0 Å². The topological polar surface area (TPSA) is 0 Å². The third-order valence-corrected chi connectivity index (χ3v) is 15.1. The third-order valence-electron chi connectivity index (χ3n) is 4.39. The van der Waals surface area contributed by atoms with Crippen LogP contribution in [0.4, 0.5) is 0 Å². The first-order valence-electron chi connectivity index (χ1n) is 7.33. The average molecular weight is 359 g/mol. The van der Waals surface area contributed by atoms with Gasteiger partial charge in [0.15, 0.2) is 0 Å². The van der Waals surface area contributed by atoms with Gasteiger partial charge in [-0.25, -0.2) is 0 Å². The SMILES string of the molecule is C=C([CH](C1CCCCC1)[Sn]([CH3])([CH3])[CH3])[Si](C)(C)C. The van der Waals surface area contributed by atoms with E-state index in [2.05, 4.69) is 41.0 Å². The van der Waals surface area contributed by atoms with Crippen LogP contribution in [0, 0.1) is 5.92 Å². The Balaban J connectivity index is 2.91. The van der Waals surface area contributed by atoms with E-state index in [0.29, 0.717) is 0 Å². The molecule has 1 saturated carbocycles. The fraction of sp³-hybridized carbons (Fsp3) is 0.867. The Morgan fingerprint density at radius 2 is 1.53 bits per heavy atom. The van der Waals surface area contributed by atoms with E-state index in [9.17, 15) is 0 Å². The summed E-state index contributed by atoms with van der Waals surface area (Å²) in [7, 11) is -1.16. The van der Waals surface area contributed by atoms with Crippen LogP contribution in [0.1, 0.15) is 32.1 Å². The van der Waals surface area contributed by atoms with Crippen molar-refractivity contribution in [2.45, 2.75) is 70.5 Å². The van der Waals surface area contributed by atoms with E-state index in [-0.39, 0.29) is 0 Å². The molecule has 1 atom stereocenters. The van der Waals surface area contributed by atoms with E-state index in [4.69, 9.17) is 0 Å². The van der Waals surface area contributed by atoms with Gasteiger partial charge in [0.2, 0.25) is 0 Å². The van der Waals surface area contributed by atoms with Gasteiger partial charge < -0.3 is 0 Å². The molecular weight excluding hydrogens is 327 g/mol. The van der Waals surface area contributed by atoms with Crippen molar-refractivity contribution in [3.8, 4) is 0 Å². The van der Waals surface area contributed by atoms with Crippen LogP contribution >= 0.6 is 0 Å². The zero-order chi connectivity index (χ0) is 13.3. The molecule has 0 nitrogen and oxygen atoms in total. The van der Waals surface area contributed by atoms with Crippen molar-refractivity contribution in [3.63, 3.8) is 0 Å². The molecule has 0 aliphatic heterocycles. The first kappa shape index (κ1) is 15.8. The summed E-state index contributed by atoms with van der Waals surface area (Å²) in [6.45, 7) is 12.0. The van der Waals surface area contributed by atoms with E-state index < -0.39 is 26.5 Å². The Bertz CT molecular complexity index is 264. The van der Waals surface area contributed by atoms with E-state index in [0.717, 1.165) is 9.85 Å². The minimum absolute atomic E-state index is 0.955. The van der Waals surface area contributed by atoms with Gasteiger partial charge in [-0.05, 0) is 0 Å². The maximum absolute atomic E-state index is 4.58. The van der Waals surface area contributed by atoms with Crippen molar-refractivity contribution in [1.29, 1.82) is 0 Å². The number of hydrogen-bond donors (Lipinski definition) is 0. The number of allylic oxidation sites excluding steroid dienone is 1. The standard InChI is InChI=1S/C12H23Si.3CH3.Sn/c1-11(13(2,3)4)10-12-8-6-5-7-9-12;;;;/h10,12H,1,5-9H2,2-4H3;3*1H3;. The van der Waals surface area contributed by atoms with Crippen LogP contribution in [-0.4, -0.2) is 26.5 Å². The Hall–Kier alpha value is 0.756. The molecule has 2 heteroatoms. The molecule has 1 rings (SSSR count). The van der Waals surface area contributed by atoms with Gasteiger partial charge in [0.1, 0.15) is 0 Å². The molecule has 0 heterocycles. The monoisotopic (exact) mass is 360 g/mol. The quantitative estimate of drug-likeness (QED) is 0.564. The second-order valence-electron chi connectivity index (χ2n) is 8.02. The van der Waals surface area contributed by atoms with Crippen molar-refractivity contribution in [3.05, 3.63) is 11.8 Å². The Kier molecular flexibility index (Phi) is 5.40. The minimum atomic E-state index is -1.88. The van der Waals surface area contributed by atoms with Gasteiger partial charge in [0.25, 0.3) is 0 Å². The van der Waals surface area contributed by atoms with E-state index in [1.54, 1.807) is 5.20 Å². The molecule has 0 saturated heterocycles. The summed E-state index contributed by atoms with van der Waals surface area (Å²) >= 11 is -1.88. The zero-order valence-corrected chi connectivity index (χ0v) is 16.8. The average Bonchev–Trinajstić information content (AvgIpc) is 2.15. The maximum atomic E-state index is 4.58. The van der Waals surface area contributed by atoms with Crippen molar-refractivity contribution in [2.24, 2.45) is 5.92 Å². The van der Waals surface area contributed by atoms with Gasteiger partial charge >= 0.3 is 115 Å². The van der Waals surface area contributed by atoms with Crippen LogP contribution in [0.25, 0.3) is 0 Å². The second kappa shape index (κ2) is 5.81. The van der Waals surface area contributed by atoms with Gasteiger partial charge in [-0.15, -0.1) is 0 Å². The molecule has 1 aliphatic rings. The molecule has 1 fully saturated rings. The summed E-state index contributed by atoms with van der Waals surface area (Å²) in [5, 5.41) is 1.70. The zero-order valence-electron chi connectivity index (χ0n) is 12.9. The van der Waals surface area contributed by atoms with Gasteiger partial charge in [0, 0.05) is 0 Å². The molecule has 0 aromatic carbocycles. The first-order chi connectivity index (χ1) is 7.64. The Labute approximate surface area is 114 Å². The summed E-state index contributed by atoms with van der Waals surface area (Å²) in [6.07, 6.45) is 7.40. The number of hydrogen-bond acceptors (Lipinski definition) is 0. The molecule has 0 bridgehead atoms. The summed E-state index contributed by atoms with van der Waals surface area (Å²) < 4.78 is 0.955. The molecule has 100 valence electrons. The van der Waals surface area contributed by atoms with Gasteiger partial charge in [-0.3, -0.25) is 0 Å². The summed E-state index contributed by atoms with van der Waals surface area (Å²) in [6, 6.07) is 0. The molecule has 1 unspecified atom stereocenters. The number of rotatable bonds is 4. The fourth-order valence-electron chi connectivity index (χ4n) is 3.45. The first-order valence-corrected chi connectivity index (χ1v) is 21.0. The molecule has 0 spiro atoms. The van der Waals surface area contributed by atoms with E-state index in [1.165, 1.54) is 32.1 Å². The molecule has 0 radical (unpaired) electrons. The van der Waals surface area contributed by atoms with E-state index in [1.807, 2.05) is 0 Å². The molecule has 0 N–H and O–H groups in total. The molecule has 0 aromatic heterocycles. The predicted molar refractivity (Wildman–Crippen MR) is 86.2 cm³/mol. The summed E-state index contributed by atoms with van der Waals surface area (Å²) in [4.78, 5) is 7.87. The van der Waals surface area contributed by atoms with Crippen LogP contribution < -0.4 is 0 Å². The van der Waals surface area contributed by atoms with Crippen LogP contribution in [0.3, 0.4) is 0 Å².